The number of aromatic nitrogens is 4. The molecule has 3 aliphatic heterocycles. The molecule has 5 rings (SSSR count). The Balaban J connectivity index is 1.18. The summed E-state index contributed by atoms with van der Waals surface area (Å²) >= 11 is 1.72. The fourth-order valence-corrected chi connectivity index (χ4v) is 5.41. The van der Waals surface area contributed by atoms with E-state index >= 15 is 0 Å². The van der Waals surface area contributed by atoms with Crippen LogP contribution in [0.15, 0.2) is 5.51 Å². The van der Waals surface area contributed by atoms with E-state index in [0.29, 0.717) is 32.9 Å². The predicted molar refractivity (Wildman–Crippen MR) is 110 cm³/mol. The summed E-state index contributed by atoms with van der Waals surface area (Å²) < 4.78 is 13.7. The first kappa shape index (κ1) is 20.0. The summed E-state index contributed by atoms with van der Waals surface area (Å²) in [5.41, 5.74) is 4.61. The molecule has 2 saturated heterocycles. The Morgan fingerprint density at radius 2 is 2.23 bits per heavy atom. The summed E-state index contributed by atoms with van der Waals surface area (Å²) in [6, 6.07) is 0. The Morgan fingerprint density at radius 3 is 3.03 bits per heavy atom. The molecule has 10 heteroatoms. The van der Waals surface area contributed by atoms with Crippen LogP contribution in [-0.4, -0.2) is 62.7 Å². The molecular weight excluding hydrogens is 404 g/mol. The summed E-state index contributed by atoms with van der Waals surface area (Å²) in [7, 11) is 0. The number of likely N-dealkylation sites (tertiary alicyclic amines) is 1. The van der Waals surface area contributed by atoms with E-state index < -0.39 is 0 Å². The van der Waals surface area contributed by atoms with Gasteiger partial charge in [0.2, 0.25) is 5.91 Å². The Kier molecular flexibility index (Phi) is 5.57. The number of hydrogen-bond donors (Lipinski definition) is 1. The Morgan fingerprint density at radius 1 is 1.37 bits per heavy atom. The van der Waals surface area contributed by atoms with Crippen molar-refractivity contribution in [2.75, 3.05) is 26.3 Å². The number of ether oxygens (including phenoxy) is 2. The monoisotopic (exact) mass is 432 g/mol. The van der Waals surface area contributed by atoms with E-state index in [1.807, 2.05) is 10.2 Å². The molecule has 2 aromatic rings. The number of nitrogens with one attached hydrogen (secondary N) is 1. The second-order valence-electron chi connectivity index (χ2n) is 8.54. The maximum Gasteiger partial charge on any atom is 0.223 e. The smallest absolute Gasteiger partial charge is 0.223 e. The van der Waals surface area contributed by atoms with Gasteiger partial charge >= 0.3 is 0 Å². The molecule has 0 bridgehead atoms. The van der Waals surface area contributed by atoms with Crippen molar-refractivity contribution >= 4 is 17.2 Å². The lowest BCUT2D eigenvalue weighted by Gasteiger charge is -2.34. The van der Waals surface area contributed by atoms with Gasteiger partial charge in [0.15, 0.2) is 0 Å². The highest BCUT2D eigenvalue weighted by Gasteiger charge is 2.43. The molecule has 3 aliphatic rings. The summed E-state index contributed by atoms with van der Waals surface area (Å²) in [6.07, 6.45) is 2.56. The molecule has 0 radical (unpaired) electrons. The SMILES string of the molecule is Cc1ncsc1CN1CCC2(C1)Cn1nnc(CNC(=O)C3CCOCC3)c1CO2. The van der Waals surface area contributed by atoms with Gasteiger partial charge in [-0.2, -0.15) is 0 Å². The minimum Gasteiger partial charge on any atom is -0.381 e. The molecule has 9 nitrogen and oxygen atoms in total. The van der Waals surface area contributed by atoms with Gasteiger partial charge in [0, 0.05) is 43.6 Å². The van der Waals surface area contributed by atoms with Crippen molar-refractivity contribution in [1.29, 1.82) is 0 Å². The maximum absolute atomic E-state index is 12.4. The van der Waals surface area contributed by atoms with Gasteiger partial charge in [-0.15, -0.1) is 16.4 Å². The molecule has 0 saturated carbocycles. The highest BCUT2D eigenvalue weighted by Crippen LogP contribution is 2.34. The maximum atomic E-state index is 12.4. The van der Waals surface area contributed by atoms with E-state index in [1.165, 1.54) is 4.88 Å². The summed E-state index contributed by atoms with van der Waals surface area (Å²) in [5.74, 6) is 0.120. The van der Waals surface area contributed by atoms with Gasteiger partial charge in [0.1, 0.15) is 11.3 Å². The van der Waals surface area contributed by atoms with Crippen LogP contribution in [0.5, 0.6) is 0 Å². The van der Waals surface area contributed by atoms with Crippen LogP contribution < -0.4 is 5.32 Å². The van der Waals surface area contributed by atoms with Crippen molar-refractivity contribution in [3.05, 3.63) is 27.5 Å². The first-order valence-electron chi connectivity index (χ1n) is 10.6. The topological polar surface area (TPSA) is 94.4 Å². The first-order valence-corrected chi connectivity index (χ1v) is 11.5. The molecular formula is C20H28N6O3S. The predicted octanol–water partition coefficient (Wildman–Crippen LogP) is 1.26. The molecule has 2 aromatic heterocycles. The standard InChI is InChI=1S/C20H28N6O3S/c1-14-18(30-13-22-14)9-25-5-4-20(11-25)12-26-17(10-29-20)16(23-24-26)8-21-19(27)15-2-6-28-7-3-15/h13,15H,2-12H2,1H3,(H,21,27). The number of carbonyl (C=O) groups excluding carboxylic acids is 1. The third-order valence-electron chi connectivity index (χ3n) is 6.50. The highest BCUT2D eigenvalue weighted by molar-refractivity contribution is 7.09. The number of fused-ring (bicyclic) bond motifs is 1. The Labute approximate surface area is 179 Å². The summed E-state index contributed by atoms with van der Waals surface area (Å²) in [4.78, 5) is 20.5. The van der Waals surface area contributed by atoms with Crippen LogP contribution in [0, 0.1) is 12.8 Å². The molecule has 2 fully saturated rings. The number of thiazole rings is 1. The minimum atomic E-state index is -0.206. The van der Waals surface area contributed by atoms with Crippen LogP contribution in [0.1, 0.15) is 41.2 Å². The van der Waals surface area contributed by atoms with Crippen molar-refractivity contribution in [3.63, 3.8) is 0 Å². The summed E-state index contributed by atoms with van der Waals surface area (Å²) in [6.45, 7) is 7.82. The first-order chi connectivity index (χ1) is 14.6. The molecule has 0 aliphatic carbocycles. The van der Waals surface area contributed by atoms with Crippen molar-refractivity contribution in [2.24, 2.45) is 5.92 Å². The van der Waals surface area contributed by atoms with Crippen LogP contribution in [0.25, 0.3) is 0 Å². The third kappa shape index (κ3) is 4.01. The average molecular weight is 433 g/mol. The fourth-order valence-electron chi connectivity index (χ4n) is 4.60. The zero-order chi connectivity index (χ0) is 20.6. The third-order valence-corrected chi connectivity index (χ3v) is 7.42. The molecule has 162 valence electrons. The number of amides is 1. The van der Waals surface area contributed by atoms with Crippen LogP contribution in [0.3, 0.4) is 0 Å². The van der Waals surface area contributed by atoms with Crippen LogP contribution in [0.2, 0.25) is 0 Å². The molecule has 30 heavy (non-hydrogen) atoms. The van der Waals surface area contributed by atoms with Gasteiger partial charge in [-0.3, -0.25) is 9.69 Å². The number of carbonyl (C=O) groups is 1. The number of rotatable bonds is 5. The largest absolute Gasteiger partial charge is 0.381 e. The van der Waals surface area contributed by atoms with E-state index in [2.05, 4.69) is 32.4 Å². The Bertz CT molecular complexity index is 908. The minimum absolute atomic E-state index is 0.0383. The van der Waals surface area contributed by atoms with Gasteiger partial charge in [0.25, 0.3) is 0 Å². The second kappa shape index (κ2) is 8.33. The van der Waals surface area contributed by atoms with Crippen molar-refractivity contribution < 1.29 is 14.3 Å². The van der Waals surface area contributed by atoms with Crippen molar-refractivity contribution in [2.45, 2.75) is 58.0 Å². The van der Waals surface area contributed by atoms with E-state index in [0.717, 1.165) is 56.0 Å². The lowest BCUT2D eigenvalue weighted by molar-refractivity contribution is -0.128. The molecule has 1 spiro atoms. The molecule has 1 amide bonds. The fraction of sp³-hybridized carbons (Fsp3) is 0.700. The van der Waals surface area contributed by atoms with Gasteiger partial charge in [-0.05, 0) is 26.2 Å². The zero-order valence-electron chi connectivity index (χ0n) is 17.3. The van der Waals surface area contributed by atoms with Crippen LogP contribution >= 0.6 is 11.3 Å². The van der Waals surface area contributed by atoms with Gasteiger partial charge in [0.05, 0.1) is 36.6 Å². The quantitative estimate of drug-likeness (QED) is 0.760. The van der Waals surface area contributed by atoms with Crippen LogP contribution in [-0.2, 0) is 40.5 Å². The molecule has 0 aromatic carbocycles. The second-order valence-corrected chi connectivity index (χ2v) is 9.48. The number of hydrogen-bond acceptors (Lipinski definition) is 8. The molecule has 1 unspecified atom stereocenters. The highest BCUT2D eigenvalue weighted by atomic mass is 32.1. The summed E-state index contributed by atoms with van der Waals surface area (Å²) in [5, 5.41) is 11.7. The van der Waals surface area contributed by atoms with Crippen LogP contribution in [0.4, 0.5) is 0 Å². The normalized spacial score (nSPS) is 25.0. The van der Waals surface area contributed by atoms with Gasteiger partial charge in [-0.25, -0.2) is 9.67 Å². The molecule has 1 atom stereocenters. The lowest BCUT2D eigenvalue weighted by atomic mass is 9.99. The van der Waals surface area contributed by atoms with E-state index in [4.69, 9.17) is 9.47 Å². The molecule has 5 heterocycles. The van der Waals surface area contributed by atoms with Gasteiger partial charge < -0.3 is 14.8 Å². The van der Waals surface area contributed by atoms with Gasteiger partial charge in [-0.1, -0.05) is 5.21 Å². The number of nitrogens with zero attached hydrogens (tertiary/aromatic N) is 5. The lowest BCUT2D eigenvalue weighted by Crippen LogP contribution is -2.44. The Hall–Kier alpha value is -1.88. The molecule has 1 N–H and O–H groups in total. The van der Waals surface area contributed by atoms with Crippen molar-refractivity contribution in [3.8, 4) is 0 Å². The van der Waals surface area contributed by atoms with Crippen molar-refractivity contribution in [1.82, 2.24) is 30.2 Å². The van der Waals surface area contributed by atoms with E-state index in [-0.39, 0.29) is 17.4 Å². The zero-order valence-corrected chi connectivity index (χ0v) is 18.1. The van der Waals surface area contributed by atoms with E-state index in [1.54, 1.807) is 11.3 Å². The van der Waals surface area contributed by atoms with E-state index in [9.17, 15) is 4.79 Å². The number of aryl methyl sites for hydroxylation is 1. The average Bonchev–Trinajstić information content (AvgIpc) is 3.47.